The lowest BCUT2D eigenvalue weighted by atomic mass is 10.3. The molecule has 6 nitrogen and oxygen atoms in total. The highest BCUT2D eigenvalue weighted by molar-refractivity contribution is 8.00. The molecule has 138 valence electrons. The summed E-state index contributed by atoms with van der Waals surface area (Å²) in [4.78, 5) is 24.4. The predicted octanol–water partition coefficient (Wildman–Crippen LogP) is 3.02. The molecule has 0 aromatic heterocycles. The van der Waals surface area contributed by atoms with Gasteiger partial charge in [-0.15, -0.1) is 11.8 Å². The second-order valence-corrected chi connectivity index (χ2v) is 8.46. The van der Waals surface area contributed by atoms with E-state index >= 15 is 0 Å². The van der Waals surface area contributed by atoms with Crippen LogP contribution in [-0.4, -0.2) is 25.5 Å². The van der Waals surface area contributed by atoms with Gasteiger partial charge >= 0.3 is 0 Å². The van der Waals surface area contributed by atoms with Gasteiger partial charge in [-0.2, -0.15) is 0 Å². The zero-order valence-corrected chi connectivity index (χ0v) is 16.1. The number of thioether (sulfide) groups is 1. The Hall–Kier alpha value is -2.32. The fourth-order valence-electron chi connectivity index (χ4n) is 2.17. The number of sulfonamides is 1. The van der Waals surface area contributed by atoms with Crippen molar-refractivity contribution in [2.75, 3.05) is 5.32 Å². The number of carbonyl (C=O) groups is 2. The van der Waals surface area contributed by atoms with Gasteiger partial charge in [0.2, 0.25) is 11.8 Å². The molecule has 0 bridgehead atoms. The van der Waals surface area contributed by atoms with Crippen LogP contribution in [0, 0.1) is 0 Å². The summed E-state index contributed by atoms with van der Waals surface area (Å²) in [7, 11) is -3.88. The topological polar surface area (TPSA) is 92.3 Å². The lowest BCUT2D eigenvalue weighted by molar-refractivity contribution is -0.117. The zero-order valence-electron chi connectivity index (χ0n) is 14.4. The Morgan fingerprint density at radius 1 is 1.04 bits per heavy atom. The van der Waals surface area contributed by atoms with E-state index in [0.717, 1.165) is 11.8 Å². The van der Waals surface area contributed by atoms with Crippen LogP contribution in [0.2, 0.25) is 0 Å². The van der Waals surface area contributed by atoms with Crippen molar-refractivity contribution in [1.82, 2.24) is 4.72 Å². The van der Waals surface area contributed by atoms with Crippen LogP contribution < -0.4 is 10.0 Å². The molecule has 0 heterocycles. The van der Waals surface area contributed by atoms with Gasteiger partial charge in [0.1, 0.15) is 0 Å². The van der Waals surface area contributed by atoms with Crippen LogP contribution in [0.25, 0.3) is 0 Å². The van der Waals surface area contributed by atoms with E-state index in [1.54, 1.807) is 0 Å². The second-order valence-electron chi connectivity index (χ2n) is 5.50. The Balaban J connectivity index is 2.05. The van der Waals surface area contributed by atoms with Gasteiger partial charge in [-0.25, -0.2) is 13.1 Å². The first kappa shape index (κ1) is 20.0. The van der Waals surface area contributed by atoms with Crippen molar-refractivity contribution in [2.45, 2.75) is 35.3 Å². The highest BCUT2D eigenvalue weighted by atomic mass is 32.2. The highest BCUT2D eigenvalue weighted by Crippen LogP contribution is 2.26. The van der Waals surface area contributed by atoms with Crippen molar-refractivity contribution in [3.05, 3.63) is 54.6 Å². The normalized spacial score (nSPS) is 12.2. The minimum atomic E-state index is -3.88. The minimum Gasteiger partial charge on any atom is -0.325 e. The smallest absolute Gasteiger partial charge is 0.264 e. The maximum Gasteiger partial charge on any atom is 0.264 e. The Kier molecular flexibility index (Phi) is 6.82. The predicted molar refractivity (Wildman–Crippen MR) is 102 cm³/mol. The van der Waals surface area contributed by atoms with Crippen molar-refractivity contribution in [3.8, 4) is 0 Å². The van der Waals surface area contributed by atoms with Gasteiger partial charge in [0.15, 0.2) is 0 Å². The minimum absolute atomic E-state index is 0.0450. The van der Waals surface area contributed by atoms with Crippen molar-refractivity contribution in [1.29, 1.82) is 0 Å². The molecule has 2 rings (SSSR count). The number of benzene rings is 2. The molecule has 2 N–H and O–H groups in total. The van der Waals surface area contributed by atoms with Crippen LogP contribution in [0.1, 0.15) is 20.3 Å². The molecule has 0 radical (unpaired) electrons. The lowest BCUT2D eigenvalue weighted by Crippen LogP contribution is -2.28. The molecular weight excluding hydrogens is 372 g/mol. The number of hydrogen-bond donors (Lipinski definition) is 2. The largest absolute Gasteiger partial charge is 0.325 e. The summed E-state index contributed by atoms with van der Waals surface area (Å²) in [5.41, 5.74) is 0.490. The molecule has 2 aromatic carbocycles. The van der Waals surface area contributed by atoms with Gasteiger partial charge in [0.25, 0.3) is 10.0 Å². The third kappa shape index (κ3) is 5.60. The average molecular weight is 393 g/mol. The van der Waals surface area contributed by atoms with Crippen molar-refractivity contribution in [3.63, 3.8) is 0 Å². The Labute approximate surface area is 157 Å². The first-order valence-electron chi connectivity index (χ1n) is 7.98. The van der Waals surface area contributed by atoms with E-state index in [4.69, 9.17) is 0 Å². The van der Waals surface area contributed by atoms with Gasteiger partial charge in [0.05, 0.1) is 10.1 Å². The van der Waals surface area contributed by atoms with E-state index in [-0.39, 0.29) is 16.1 Å². The molecule has 8 heteroatoms. The number of anilines is 1. The zero-order chi connectivity index (χ0) is 19.2. The van der Waals surface area contributed by atoms with Crippen LogP contribution in [0.5, 0.6) is 0 Å². The maximum atomic E-state index is 12.5. The molecule has 2 amide bonds. The summed E-state index contributed by atoms with van der Waals surface area (Å²) in [6.07, 6.45) is 0.653. The van der Waals surface area contributed by atoms with Gasteiger partial charge in [0, 0.05) is 17.5 Å². The van der Waals surface area contributed by atoms with Crippen molar-refractivity contribution in [2.24, 2.45) is 0 Å². The van der Waals surface area contributed by atoms with Gasteiger partial charge in [-0.05, 0) is 42.8 Å². The molecule has 0 saturated heterocycles. The van der Waals surface area contributed by atoms with E-state index in [1.165, 1.54) is 36.0 Å². The summed E-state index contributed by atoms with van der Waals surface area (Å²) in [6, 6.07) is 15.3. The van der Waals surface area contributed by atoms with E-state index in [0.29, 0.717) is 12.1 Å². The SMILES string of the molecule is CCC(Sc1ccccc1)C(=O)Nc1ccc(S(=O)(=O)NC(C)=O)cc1. The van der Waals surface area contributed by atoms with Crippen LogP contribution in [0.4, 0.5) is 5.69 Å². The molecule has 26 heavy (non-hydrogen) atoms. The van der Waals surface area contributed by atoms with Crippen LogP contribution >= 0.6 is 11.8 Å². The molecule has 0 spiro atoms. The molecule has 0 aliphatic heterocycles. The molecule has 0 aliphatic carbocycles. The van der Waals surface area contributed by atoms with Gasteiger partial charge in [-0.1, -0.05) is 25.1 Å². The monoisotopic (exact) mass is 392 g/mol. The van der Waals surface area contributed by atoms with Gasteiger partial charge < -0.3 is 5.32 Å². The number of nitrogens with one attached hydrogen (secondary N) is 2. The second kappa shape index (κ2) is 8.86. The van der Waals surface area contributed by atoms with E-state index in [2.05, 4.69) is 5.32 Å². The number of hydrogen-bond acceptors (Lipinski definition) is 5. The fourth-order valence-corrected chi connectivity index (χ4v) is 4.14. The number of carbonyl (C=O) groups excluding carboxylic acids is 2. The highest BCUT2D eigenvalue weighted by Gasteiger charge is 2.19. The summed E-state index contributed by atoms with van der Waals surface area (Å²) < 4.78 is 25.7. The Morgan fingerprint density at radius 2 is 1.65 bits per heavy atom. The standard InChI is InChI=1S/C18H20N2O4S2/c1-3-17(25-15-7-5-4-6-8-15)18(22)19-14-9-11-16(12-10-14)26(23,24)20-13(2)21/h4-12,17H,3H2,1-2H3,(H,19,22)(H,20,21). The average Bonchev–Trinajstić information content (AvgIpc) is 2.60. The molecular formula is C18H20N2O4S2. The summed E-state index contributed by atoms with van der Waals surface area (Å²) in [6.45, 7) is 3.06. The third-order valence-corrected chi connectivity index (χ3v) is 6.22. The van der Waals surface area contributed by atoms with Gasteiger partial charge in [-0.3, -0.25) is 9.59 Å². The van der Waals surface area contributed by atoms with Crippen LogP contribution in [0.3, 0.4) is 0 Å². The van der Waals surface area contributed by atoms with E-state index < -0.39 is 15.9 Å². The van der Waals surface area contributed by atoms with Crippen molar-refractivity contribution < 1.29 is 18.0 Å². The first-order valence-corrected chi connectivity index (χ1v) is 10.3. The Bertz CT molecular complexity index is 866. The summed E-state index contributed by atoms with van der Waals surface area (Å²) in [5, 5.41) is 2.53. The van der Waals surface area contributed by atoms with Crippen LogP contribution in [-0.2, 0) is 19.6 Å². The van der Waals surface area contributed by atoms with Crippen LogP contribution in [0.15, 0.2) is 64.4 Å². The fraction of sp³-hybridized carbons (Fsp3) is 0.222. The third-order valence-electron chi connectivity index (χ3n) is 3.40. The van der Waals surface area contributed by atoms with E-state index in [1.807, 2.05) is 42.0 Å². The molecule has 2 aromatic rings. The molecule has 1 atom stereocenters. The summed E-state index contributed by atoms with van der Waals surface area (Å²) in [5.74, 6) is -0.815. The molecule has 0 saturated carbocycles. The van der Waals surface area contributed by atoms with E-state index in [9.17, 15) is 18.0 Å². The van der Waals surface area contributed by atoms with Crippen molar-refractivity contribution >= 4 is 39.3 Å². The quantitative estimate of drug-likeness (QED) is 0.707. The summed E-state index contributed by atoms with van der Waals surface area (Å²) >= 11 is 1.47. The number of rotatable bonds is 7. The number of amides is 2. The molecule has 0 fully saturated rings. The molecule has 0 aliphatic rings. The Morgan fingerprint density at radius 3 is 2.19 bits per heavy atom. The first-order chi connectivity index (χ1) is 12.3. The lowest BCUT2D eigenvalue weighted by Gasteiger charge is -2.15. The maximum absolute atomic E-state index is 12.5. The molecule has 1 unspecified atom stereocenters.